The third-order valence-corrected chi connectivity index (χ3v) is 3.30. The van der Waals surface area contributed by atoms with Crippen LogP contribution in [-0.4, -0.2) is 28.6 Å². The fourth-order valence-electron chi connectivity index (χ4n) is 2.33. The summed E-state index contributed by atoms with van der Waals surface area (Å²) < 4.78 is 12.8. The fourth-order valence-corrected chi connectivity index (χ4v) is 2.33. The predicted molar refractivity (Wildman–Crippen MR) is 64.5 cm³/mol. The van der Waals surface area contributed by atoms with Crippen molar-refractivity contribution in [3.05, 3.63) is 29.8 Å². The number of pyridine rings is 1. The van der Waals surface area contributed by atoms with Crippen molar-refractivity contribution in [2.75, 3.05) is 6.54 Å². The van der Waals surface area contributed by atoms with Crippen LogP contribution in [-0.2, 0) is 0 Å². The molecule has 0 bridgehead atoms. The molecule has 1 amide bonds. The summed E-state index contributed by atoms with van der Waals surface area (Å²) in [5.74, 6) is -0.642. The van der Waals surface area contributed by atoms with Gasteiger partial charge in [-0.1, -0.05) is 6.42 Å². The topological polar surface area (TPSA) is 62.2 Å². The van der Waals surface area contributed by atoms with Gasteiger partial charge in [0.15, 0.2) is 0 Å². The molecule has 0 radical (unpaired) electrons. The van der Waals surface area contributed by atoms with Crippen LogP contribution in [0.4, 0.5) is 4.39 Å². The van der Waals surface area contributed by atoms with Crippen LogP contribution in [0.25, 0.3) is 0 Å². The molecule has 0 aromatic carbocycles. The van der Waals surface area contributed by atoms with Crippen molar-refractivity contribution in [1.82, 2.24) is 10.3 Å². The van der Waals surface area contributed by atoms with Gasteiger partial charge in [0.05, 0.1) is 6.10 Å². The summed E-state index contributed by atoms with van der Waals surface area (Å²) in [6.07, 6.45) is 4.60. The second-order valence-electron chi connectivity index (χ2n) is 4.76. The third-order valence-electron chi connectivity index (χ3n) is 3.30. The van der Waals surface area contributed by atoms with Crippen LogP contribution in [0.5, 0.6) is 0 Å². The van der Waals surface area contributed by atoms with E-state index in [9.17, 15) is 14.3 Å². The first-order valence-corrected chi connectivity index (χ1v) is 6.23. The Morgan fingerprint density at radius 2 is 2.39 bits per heavy atom. The average molecular weight is 252 g/mol. The van der Waals surface area contributed by atoms with E-state index in [1.165, 1.54) is 12.3 Å². The molecule has 1 aliphatic carbocycles. The van der Waals surface area contributed by atoms with E-state index < -0.39 is 5.95 Å². The van der Waals surface area contributed by atoms with E-state index in [4.69, 9.17) is 0 Å². The normalized spacial score (nSPS) is 23.7. The lowest BCUT2D eigenvalue weighted by atomic mass is 9.87. The van der Waals surface area contributed by atoms with Gasteiger partial charge in [0.25, 0.3) is 5.91 Å². The Labute approximate surface area is 105 Å². The van der Waals surface area contributed by atoms with Gasteiger partial charge in [-0.25, -0.2) is 4.98 Å². The van der Waals surface area contributed by atoms with Crippen molar-refractivity contribution in [3.63, 3.8) is 0 Å². The van der Waals surface area contributed by atoms with Gasteiger partial charge in [-0.3, -0.25) is 4.79 Å². The smallest absolute Gasteiger partial charge is 0.251 e. The van der Waals surface area contributed by atoms with Gasteiger partial charge in [-0.15, -0.1) is 0 Å². The van der Waals surface area contributed by atoms with Gasteiger partial charge in [-0.05, 0) is 31.2 Å². The lowest BCUT2D eigenvalue weighted by Gasteiger charge is -2.25. The maximum Gasteiger partial charge on any atom is 0.251 e. The standard InChI is InChI=1S/C13H17FN2O2/c14-12-7-10(4-5-15-12)13(18)16-8-9-2-1-3-11(17)6-9/h4-5,7,9,11,17H,1-3,6,8H2,(H,16,18). The molecule has 1 saturated carbocycles. The lowest BCUT2D eigenvalue weighted by Crippen LogP contribution is -2.33. The Morgan fingerprint density at radius 3 is 3.11 bits per heavy atom. The minimum atomic E-state index is -0.657. The average Bonchev–Trinajstić information content (AvgIpc) is 2.36. The summed E-state index contributed by atoms with van der Waals surface area (Å²) >= 11 is 0. The molecule has 1 aromatic rings. The molecule has 5 heteroatoms. The van der Waals surface area contributed by atoms with Gasteiger partial charge < -0.3 is 10.4 Å². The number of carbonyl (C=O) groups is 1. The molecule has 1 fully saturated rings. The first-order chi connectivity index (χ1) is 8.65. The van der Waals surface area contributed by atoms with Crippen molar-refractivity contribution < 1.29 is 14.3 Å². The molecule has 2 rings (SSSR count). The second-order valence-corrected chi connectivity index (χ2v) is 4.76. The number of rotatable bonds is 3. The van der Waals surface area contributed by atoms with Crippen LogP contribution >= 0.6 is 0 Å². The van der Waals surface area contributed by atoms with Gasteiger partial charge in [-0.2, -0.15) is 4.39 Å². The zero-order valence-electron chi connectivity index (χ0n) is 10.1. The van der Waals surface area contributed by atoms with Crippen LogP contribution in [0.3, 0.4) is 0 Å². The molecule has 2 unspecified atom stereocenters. The van der Waals surface area contributed by atoms with Gasteiger partial charge in [0, 0.05) is 24.4 Å². The quantitative estimate of drug-likeness (QED) is 0.801. The molecule has 1 aliphatic rings. The maximum absolute atomic E-state index is 12.8. The van der Waals surface area contributed by atoms with E-state index in [0.717, 1.165) is 31.7 Å². The van der Waals surface area contributed by atoms with E-state index >= 15 is 0 Å². The van der Waals surface area contributed by atoms with Gasteiger partial charge in [0.2, 0.25) is 5.95 Å². The number of halogens is 1. The highest BCUT2D eigenvalue weighted by Gasteiger charge is 2.20. The molecule has 18 heavy (non-hydrogen) atoms. The summed E-state index contributed by atoms with van der Waals surface area (Å²) in [7, 11) is 0. The predicted octanol–water partition coefficient (Wildman–Crippen LogP) is 1.50. The maximum atomic E-state index is 12.8. The highest BCUT2D eigenvalue weighted by Crippen LogP contribution is 2.23. The highest BCUT2D eigenvalue weighted by atomic mass is 19.1. The van der Waals surface area contributed by atoms with E-state index in [0.29, 0.717) is 12.5 Å². The Hall–Kier alpha value is -1.49. The minimum absolute atomic E-state index is 0.251. The third kappa shape index (κ3) is 3.50. The summed E-state index contributed by atoms with van der Waals surface area (Å²) in [5, 5.41) is 12.3. The lowest BCUT2D eigenvalue weighted by molar-refractivity contribution is 0.0873. The molecule has 0 spiro atoms. The fraction of sp³-hybridized carbons (Fsp3) is 0.538. The number of hydrogen-bond acceptors (Lipinski definition) is 3. The number of amides is 1. The zero-order chi connectivity index (χ0) is 13.0. The highest BCUT2D eigenvalue weighted by molar-refractivity contribution is 5.93. The van der Waals surface area contributed by atoms with Crippen LogP contribution < -0.4 is 5.32 Å². The molecular weight excluding hydrogens is 235 g/mol. The van der Waals surface area contributed by atoms with Crippen LogP contribution in [0.15, 0.2) is 18.3 Å². The Kier molecular flexibility index (Phi) is 4.25. The van der Waals surface area contributed by atoms with E-state index in [2.05, 4.69) is 10.3 Å². The number of carbonyl (C=O) groups excluding carboxylic acids is 1. The van der Waals surface area contributed by atoms with Gasteiger partial charge in [0.1, 0.15) is 0 Å². The summed E-state index contributed by atoms with van der Waals surface area (Å²) in [5.41, 5.74) is 0.277. The van der Waals surface area contributed by atoms with Gasteiger partial charge >= 0.3 is 0 Å². The number of aliphatic hydroxyl groups excluding tert-OH is 1. The van der Waals surface area contributed by atoms with Crippen molar-refractivity contribution in [1.29, 1.82) is 0 Å². The van der Waals surface area contributed by atoms with Crippen molar-refractivity contribution in [2.45, 2.75) is 31.8 Å². The monoisotopic (exact) mass is 252 g/mol. The number of aliphatic hydroxyl groups is 1. The summed E-state index contributed by atoms with van der Waals surface area (Å²) in [6, 6.07) is 2.60. The summed E-state index contributed by atoms with van der Waals surface area (Å²) in [6.45, 7) is 0.528. The van der Waals surface area contributed by atoms with Crippen LogP contribution in [0.1, 0.15) is 36.0 Å². The minimum Gasteiger partial charge on any atom is -0.393 e. The SMILES string of the molecule is O=C(NCC1CCCC(O)C1)c1ccnc(F)c1. The first kappa shape index (κ1) is 13.0. The molecule has 0 aliphatic heterocycles. The number of hydrogen-bond donors (Lipinski definition) is 2. The number of nitrogens with one attached hydrogen (secondary N) is 1. The molecule has 4 nitrogen and oxygen atoms in total. The molecule has 2 N–H and O–H groups in total. The van der Waals surface area contributed by atoms with E-state index in [1.54, 1.807) is 0 Å². The Morgan fingerprint density at radius 1 is 1.56 bits per heavy atom. The van der Waals surface area contributed by atoms with Crippen molar-refractivity contribution in [2.24, 2.45) is 5.92 Å². The number of aromatic nitrogens is 1. The largest absolute Gasteiger partial charge is 0.393 e. The summed E-state index contributed by atoms with van der Waals surface area (Å²) in [4.78, 5) is 15.2. The molecule has 2 atom stereocenters. The van der Waals surface area contributed by atoms with E-state index in [-0.39, 0.29) is 17.6 Å². The molecule has 98 valence electrons. The molecule has 1 heterocycles. The molecular formula is C13H17FN2O2. The van der Waals surface area contributed by atoms with Crippen LogP contribution in [0.2, 0.25) is 0 Å². The zero-order valence-corrected chi connectivity index (χ0v) is 10.1. The van der Waals surface area contributed by atoms with Crippen molar-refractivity contribution >= 4 is 5.91 Å². The second kappa shape index (κ2) is 5.91. The van der Waals surface area contributed by atoms with E-state index in [1.807, 2.05) is 0 Å². The molecule has 1 aromatic heterocycles. The van der Waals surface area contributed by atoms with Crippen molar-refractivity contribution in [3.8, 4) is 0 Å². The first-order valence-electron chi connectivity index (χ1n) is 6.23. The molecule has 0 saturated heterocycles. The van der Waals surface area contributed by atoms with Crippen LogP contribution in [0, 0.1) is 11.9 Å². The number of nitrogens with zero attached hydrogens (tertiary/aromatic N) is 1. The Balaban J connectivity index is 1.84. The Bertz CT molecular complexity index is 425.